The normalized spacial score (nSPS) is 11.0. The first kappa shape index (κ1) is 8.23. The summed E-state index contributed by atoms with van der Waals surface area (Å²) in [5, 5.41) is 3.97. The molecule has 0 amide bonds. The Bertz CT molecular complexity index is 609. The lowest BCUT2D eigenvalue weighted by Crippen LogP contribution is -1.84. The highest BCUT2D eigenvalue weighted by Crippen LogP contribution is 2.19. The van der Waals surface area contributed by atoms with E-state index >= 15 is 0 Å². The number of imidazole rings is 1. The Morgan fingerprint density at radius 3 is 3.00 bits per heavy atom. The second-order valence-electron chi connectivity index (χ2n) is 3.43. The van der Waals surface area contributed by atoms with Crippen LogP contribution in [-0.2, 0) is 0 Å². The highest BCUT2D eigenvalue weighted by Gasteiger charge is 2.04. The summed E-state index contributed by atoms with van der Waals surface area (Å²) in [6.07, 6.45) is 5.64. The van der Waals surface area contributed by atoms with Crippen molar-refractivity contribution >= 4 is 5.65 Å². The predicted octanol–water partition coefficient (Wildman–Crippen LogP) is 2.30. The van der Waals surface area contributed by atoms with Gasteiger partial charge in [0.05, 0.1) is 0 Å². The molecule has 0 N–H and O–H groups in total. The topological polar surface area (TPSA) is 43.3 Å². The van der Waals surface area contributed by atoms with Gasteiger partial charge in [-0.3, -0.25) is 0 Å². The first-order valence-electron chi connectivity index (χ1n) is 4.69. The van der Waals surface area contributed by atoms with Gasteiger partial charge in [-0.15, -0.1) is 0 Å². The highest BCUT2D eigenvalue weighted by atomic mass is 16.5. The van der Waals surface area contributed by atoms with Crippen molar-refractivity contribution in [3.05, 3.63) is 42.5 Å². The van der Waals surface area contributed by atoms with Crippen LogP contribution in [0.5, 0.6) is 0 Å². The van der Waals surface area contributed by atoms with Crippen molar-refractivity contribution in [1.82, 2.24) is 14.5 Å². The minimum Gasteiger partial charge on any atom is -0.361 e. The molecule has 0 aliphatic rings. The average molecular weight is 199 g/mol. The summed E-state index contributed by atoms with van der Waals surface area (Å²) in [6.45, 7) is 1.88. The number of aromatic nitrogens is 3. The average Bonchev–Trinajstić information content (AvgIpc) is 2.84. The predicted molar refractivity (Wildman–Crippen MR) is 55.4 cm³/mol. The van der Waals surface area contributed by atoms with Crippen LogP contribution in [0, 0.1) is 6.92 Å². The van der Waals surface area contributed by atoms with E-state index in [4.69, 9.17) is 4.52 Å². The van der Waals surface area contributed by atoms with Crippen molar-refractivity contribution in [2.75, 3.05) is 0 Å². The first-order chi connectivity index (χ1) is 7.33. The van der Waals surface area contributed by atoms with Gasteiger partial charge in [0.1, 0.15) is 17.1 Å². The number of rotatable bonds is 1. The number of hydrogen-bond acceptors (Lipinski definition) is 3. The SMILES string of the molecule is Cc1cc(-c2ccn3ccnc3c2)no1. The van der Waals surface area contributed by atoms with Crippen molar-refractivity contribution in [3.63, 3.8) is 0 Å². The maximum absolute atomic E-state index is 5.04. The summed E-state index contributed by atoms with van der Waals surface area (Å²) in [5.74, 6) is 0.813. The molecule has 0 radical (unpaired) electrons. The monoisotopic (exact) mass is 199 g/mol. The van der Waals surface area contributed by atoms with Crippen molar-refractivity contribution in [2.24, 2.45) is 0 Å². The first-order valence-corrected chi connectivity index (χ1v) is 4.69. The molecular formula is C11H9N3O. The molecule has 0 unspecified atom stereocenters. The molecule has 3 aromatic heterocycles. The molecule has 4 nitrogen and oxygen atoms in total. The van der Waals surface area contributed by atoms with Crippen molar-refractivity contribution in [1.29, 1.82) is 0 Å². The number of aryl methyl sites for hydroxylation is 1. The molecule has 3 heterocycles. The van der Waals surface area contributed by atoms with E-state index in [9.17, 15) is 0 Å². The summed E-state index contributed by atoms with van der Waals surface area (Å²) in [7, 11) is 0. The molecule has 15 heavy (non-hydrogen) atoms. The van der Waals surface area contributed by atoms with Gasteiger partial charge in [-0.2, -0.15) is 0 Å². The Balaban J connectivity index is 2.18. The van der Waals surface area contributed by atoms with Crippen LogP contribution in [0.15, 0.2) is 41.3 Å². The van der Waals surface area contributed by atoms with Gasteiger partial charge in [-0.1, -0.05) is 5.16 Å². The largest absolute Gasteiger partial charge is 0.361 e. The van der Waals surface area contributed by atoms with E-state index in [-0.39, 0.29) is 0 Å². The van der Waals surface area contributed by atoms with Gasteiger partial charge < -0.3 is 8.92 Å². The second-order valence-corrected chi connectivity index (χ2v) is 3.43. The van der Waals surface area contributed by atoms with Crippen LogP contribution >= 0.6 is 0 Å². The van der Waals surface area contributed by atoms with Crippen LogP contribution < -0.4 is 0 Å². The third-order valence-electron chi connectivity index (χ3n) is 2.32. The van der Waals surface area contributed by atoms with E-state index in [1.54, 1.807) is 6.20 Å². The van der Waals surface area contributed by atoms with E-state index in [0.29, 0.717) is 0 Å². The minimum atomic E-state index is 0.813. The third-order valence-corrected chi connectivity index (χ3v) is 2.32. The Morgan fingerprint density at radius 1 is 1.27 bits per heavy atom. The number of hydrogen-bond donors (Lipinski definition) is 0. The summed E-state index contributed by atoms with van der Waals surface area (Å²) in [6, 6.07) is 5.89. The Kier molecular flexibility index (Phi) is 1.62. The van der Waals surface area contributed by atoms with Crippen molar-refractivity contribution in [3.8, 4) is 11.3 Å². The molecule has 0 atom stereocenters. The van der Waals surface area contributed by atoms with Crippen LogP contribution in [0.4, 0.5) is 0 Å². The summed E-state index contributed by atoms with van der Waals surface area (Å²) in [5.41, 5.74) is 2.77. The third kappa shape index (κ3) is 1.30. The molecule has 0 aliphatic heterocycles. The summed E-state index contributed by atoms with van der Waals surface area (Å²) in [4.78, 5) is 4.22. The zero-order valence-electron chi connectivity index (χ0n) is 8.21. The minimum absolute atomic E-state index is 0.813. The van der Waals surface area contributed by atoms with Gasteiger partial charge >= 0.3 is 0 Å². The second kappa shape index (κ2) is 2.95. The standard InChI is InChI=1S/C11H9N3O/c1-8-6-10(13-15-8)9-2-4-14-5-3-12-11(14)7-9/h2-7H,1H3. The maximum Gasteiger partial charge on any atom is 0.137 e. The van der Waals surface area contributed by atoms with E-state index in [1.807, 2.05) is 41.9 Å². The van der Waals surface area contributed by atoms with Gasteiger partial charge in [0.2, 0.25) is 0 Å². The molecule has 3 rings (SSSR count). The molecular weight excluding hydrogens is 190 g/mol. The molecule has 0 aliphatic carbocycles. The molecule has 0 saturated carbocycles. The van der Waals surface area contributed by atoms with Crippen molar-refractivity contribution < 1.29 is 4.52 Å². The lowest BCUT2D eigenvalue weighted by atomic mass is 10.2. The smallest absolute Gasteiger partial charge is 0.137 e. The molecule has 0 saturated heterocycles. The molecule has 0 aromatic carbocycles. The molecule has 4 heteroatoms. The molecule has 0 bridgehead atoms. The molecule has 74 valence electrons. The molecule has 0 fully saturated rings. The van der Waals surface area contributed by atoms with Crippen molar-refractivity contribution in [2.45, 2.75) is 6.92 Å². The Morgan fingerprint density at radius 2 is 2.20 bits per heavy atom. The van der Waals surface area contributed by atoms with Crippen LogP contribution in [0.2, 0.25) is 0 Å². The summed E-state index contributed by atoms with van der Waals surface area (Å²) < 4.78 is 6.99. The molecule has 3 aromatic rings. The van der Waals surface area contributed by atoms with Crippen LogP contribution in [0.25, 0.3) is 16.9 Å². The Labute approximate surface area is 86.2 Å². The van der Waals surface area contributed by atoms with Crippen LogP contribution in [-0.4, -0.2) is 14.5 Å². The summed E-state index contributed by atoms with van der Waals surface area (Å²) >= 11 is 0. The number of pyridine rings is 1. The lowest BCUT2D eigenvalue weighted by molar-refractivity contribution is 0.399. The zero-order chi connectivity index (χ0) is 10.3. The number of fused-ring (bicyclic) bond motifs is 1. The maximum atomic E-state index is 5.04. The van der Waals surface area contributed by atoms with Gasteiger partial charge in [0.25, 0.3) is 0 Å². The fourth-order valence-electron chi connectivity index (χ4n) is 1.57. The fourth-order valence-corrected chi connectivity index (χ4v) is 1.57. The van der Waals surface area contributed by atoms with E-state index < -0.39 is 0 Å². The highest BCUT2D eigenvalue weighted by molar-refractivity contribution is 5.63. The van der Waals surface area contributed by atoms with E-state index in [0.717, 1.165) is 22.7 Å². The van der Waals surface area contributed by atoms with Crippen LogP contribution in [0.1, 0.15) is 5.76 Å². The van der Waals surface area contributed by atoms with Gasteiger partial charge in [-0.25, -0.2) is 4.98 Å². The quantitative estimate of drug-likeness (QED) is 0.604. The zero-order valence-corrected chi connectivity index (χ0v) is 8.21. The number of nitrogens with zero attached hydrogens (tertiary/aromatic N) is 3. The van der Waals surface area contributed by atoms with Gasteiger partial charge in [-0.05, 0) is 19.1 Å². The fraction of sp³-hybridized carbons (Fsp3) is 0.0909. The van der Waals surface area contributed by atoms with Gasteiger partial charge in [0, 0.05) is 30.2 Å². The molecule has 0 spiro atoms. The van der Waals surface area contributed by atoms with Crippen LogP contribution in [0.3, 0.4) is 0 Å². The lowest BCUT2D eigenvalue weighted by Gasteiger charge is -1.96. The van der Waals surface area contributed by atoms with Gasteiger partial charge in [0.15, 0.2) is 0 Å². The Hall–Kier alpha value is -2.10. The van der Waals surface area contributed by atoms with E-state index in [1.165, 1.54) is 0 Å². The van der Waals surface area contributed by atoms with E-state index in [2.05, 4.69) is 10.1 Å².